The predicted octanol–water partition coefficient (Wildman–Crippen LogP) is 1.20. The summed E-state index contributed by atoms with van der Waals surface area (Å²) in [5.74, 6) is -0.689. The summed E-state index contributed by atoms with van der Waals surface area (Å²) < 4.78 is 31.4. The van der Waals surface area contributed by atoms with Gasteiger partial charge >= 0.3 is 20.7 Å². The zero-order chi connectivity index (χ0) is 16.3. The second-order valence-electron chi connectivity index (χ2n) is 4.53. The lowest BCUT2D eigenvalue weighted by Gasteiger charge is -2.13. The Hall–Kier alpha value is -0.885. The molecule has 22 heavy (non-hydrogen) atoms. The summed E-state index contributed by atoms with van der Waals surface area (Å²) in [4.78, 5) is 12.0. The van der Waals surface area contributed by atoms with Gasteiger partial charge in [0.15, 0.2) is 0 Å². The fourth-order valence-electron chi connectivity index (χ4n) is 1.99. The lowest BCUT2D eigenvalue weighted by Crippen LogP contribution is -2.29. The minimum atomic E-state index is -3.23. The lowest BCUT2D eigenvalue weighted by molar-refractivity contribution is 0.0524. The second kappa shape index (κ2) is 7.13. The molecule has 0 saturated carbocycles. The predicted molar refractivity (Wildman–Crippen MR) is 80.6 cm³/mol. The highest BCUT2D eigenvalue weighted by atomic mass is 35.5. The molecule has 0 spiro atoms. The number of rotatable bonds is 6. The summed E-state index contributed by atoms with van der Waals surface area (Å²) >= 11 is 6.03. The van der Waals surface area contributed by atoms with Crippen molar-refractivity contribution in [3.8, 4) is 0 Å². The van der Waals surface area contributed by atoms with E-state index in [0.29, 0.717) is 5.46 Å². The van der Waals surface area contributed by atoms with Gasteiger partial charge in [-0.05, 0) is 23.2 Å². The Morgan fingerprint density at radius 1 is 1.45 bits per heavy atom. The van der Waals surface area contributed by atoms with Gasteiger partial charge in [0.1, 0.15) is 6.61 Å². The Labute approximate surface area is 133 Å². The van der Waals surface area contributed by atoms with Crippen LogP contribution < -0.4 is 5.46 Å². The van der Waals surface area contributed by atoms with E-state index in [9.17, 15) is 14.4 Å². The third kappa shape index (κ3) is 3.71. The molecule has 0 aliphatic carbocycles. The van der Waals surface area contributed by atoms with Crippen molar-refractivity contribution in [2.75, 3.05) is 27.0 Å². The molecule has 10 heteroatoms. The maximum Gasteiger partial charge on any atom is 0.491 e. The van der Waals surface area contributed by atoms with Crippen molar-refractivity contribution in [3.05, 3.63) is 28.3 Å². The molecule has 1 aromatic carbocycles. The number of fused-ring (bicyclic) bond motifs is 1. The van der Waals surface area contributed by atoms with Crippen molar-refractivity contribution in [1.82, 2.24) is 0 Å². The Balaban J connectivity index is 2.05. The zero-order valence-electron chi connectivity index (χ0n) is 12.1. The van der Waals surface area contributed by atoms with E-state index in [-0.39, 0.29) is 30.0 Å². The molecule has 7 nitrogen and oxygen atoms in total. The first kappa shape index (κ1) is 17.5. The number of carbonyl (C=O) groups excluding carboxylic acids is 1. The molecular weight excluding hydrogens is 333 g/mol. The lowest BCUT2D eigenvalue weighted by atomic mass is 9.79. The summed E-state index contributed by atoms with van der Waals surface area (Å²) in [6.07, 6.45) is -0.0694. The van der Waals surface area contributed by atoms with Crippen molar-refractivity contribution >= 4 is 37.7 Å². The summed E-state index contributed by atoms with van der Waals surface area (Å²) in [6.45, 7) is 0.0840. The van der Waals surface area contributed by atoms with Gasteiger partial charge in [0.25, 0.3) is 0 Å². The number of benzene rings is 1. The zero-order valence-corrected chi connectivity index (χ0v) is 13.7. The van der Waals surface area contributed by atoms with Gasteiger partial charge in [0.2, 0.25) is 0 Å². The van der Waals surface area contributed by atoms with E-state index in [0.717, 1.165) is 5.56 Å². The number of esters is 1. The molecule has 0 amide bonds. The van der Waals surface area contributed by atoms with Gasteiger partial charge in [-0.25, -0.2) is 4.79 Å². The van der Waals surface area contributed by atoms with Crippen LogP contribution in [0.4, 0.5) is 0 Å². The first-order valence-corrected chi connectivity index (χ1v) is 8.50. The quantitative estimate of drug-likeness (QED) is 0.469. The summed E-state index contributed by atoms with van der Waals surface area (Å²) in [7, 11) is -1.81. The molecule has 1 heterocycles. The van der Waals surface area contributed by atoms with Gasteiger partial charge in [-0.2, -0.15) is 0 Å². The number of hydrogen-bond acceptors (Lipinski definition) is 7. The number of carbonyl (C=O) groups is 1. The highest BCUT2D eigenvalue weighted by Crippen LogP contribution is 2.45. The van der Waals surface area contributed by atoms with Crippen LogP contribution in [0.25, 0.3) is 0 Å². The number of ether oxygens (including phenoxy) is 1. The SMILES string of the molecule is COP(=O)(CCOC(=O)c1cc2c(cc1Cl)COB2O)OC. The minimum absolute atomic E-state index is 0.0694. The van der Waals surface area contributed by atoms with Crippen LogP contribution in [0.5, 0.6) is 0 Å². The van der Waals surface area contributed by atoms with Gasteiger partial charge in [-0.1, -0.05) is 11.6 Å². The summed E-state index contributed by atoms with van der Waals surface area (Å²) in [5.41, 5.74) is 1.31. The molecule has 2 rings (SSSR count). The van der Waals surface area contributed by atoms with Crippen molar-refractivity contribution < 1.29 is 32.8 Å². The minimum Gasteiger partial charge on any atom is -0.461 e. The average Bonchev–Trinajstić information content (AvgIpc) is 2.86. The van der Waals surface area contributed by atoms with E-state index in [1.165, 1.54) is 20.3 Å². The van der Waals surface area contributed by atoms with Crippen molar-refractivity contribution in [2.45, 2.75) is 6.61 Å². The van der Waals surface area contributed by atoms with Gasteiger partial charge < -0.3 is 23.5 Å². The summed E-state index contributed by atoms with van der Waals surface area (Å²) in [5, 5.41) is 9.83. The fourth-order valence-corrected chi connectivity index (χ4v) is 3.08. The van der Waals surface area contributed by atoms with Crippen LogP contribution in [0.15, 0.2) is 12.1 Å². The highest BCUT2D eigenvalue weighted by Gasteiger charge is 2.30. The highest BCUT2D eigenvalue weighted by molar-refractivity contribution is 7.53. The first-order valence-electron chi connectivity index (χ1n) is 6.40. The Morgan fingerprint density at radius 2 is 2.14 bits per heavy atom. The monoisotopic (exact) mass is 348 g/mol. The molecular formula is C12H15BClO7P. The normalized spacial score (nSPS) is 14.1. The molecule has 0 aromatic heterocycles. The van der Waals surface area contributed by atoms with E-state index in [4.69, 9.17) is 30.0 Å². The molecule has 0 saturated heterocycles. The van der Waals surface area contributed by atoms with Gasteiger partial charge in [-0.15, -0.1) is 0 Å². The molecule has 120 valence electrons. The standard InChI is InChI=1S/C12H15BClO7P/c1-18-22(17,19-2)4-3-20-12(15)9-6-10-8(5-11(9)14)7-21-13(10)16/h5-6,16H,3-4,7H2,1-2H3. The fraction of sp³-hybridized carbons (Fsp3) is 0.417. The van der Waals surface area contributed by atoms with Crippen LogP contribution in [0.2, 0.25) is 5.02 Å². The van der Waals surface area contributed by atoms with Crippen LogP contribution in [-0.4, -0.2) is 45.1 Å². The molecule has 1 aliphatic rings. The van der Waals surface area contributed by atoms with E-state index < -0.39 is 20.7 Å². The van der Waals surface area contributed by atoms with Crippen LogP contribution >= 0.6 is 19.2 Å². The van der Waals surface area contributed by atoms with E-state index >= 15 is 0 Å². The molecule has 1 N–H and O–H groups in total. The largest absolute Gasteiger partial charge is 0.491 e. The van der Waals surface area contributed by atoms with E-state index in [1.54, 1.807) is 6.07 Å². The molecule has 1 aliphatic heterocycles. The van der Waals surface area contributed by atoms with Crippen molar-refractivity contribution in [2.24, 2.45) is 0 Å². The Bertz CT molecular complexity index is 616. The topological polar surface area (TPSA) is 91.3 Å². The van der Waals surface area contributed by atoms with Gasteiger partial charge in [0, 0.05) is 14.2 Å². The molecule has 0 bridgehead atoms. The Kier molecular flexibility index (Phi) is 5.66. The second-order valence-corrected chi connectivity index (χ2v) is 7.34. The van der Waals surface area contributed by atoms with Crippen molar-refractivity contribution in [1.29, 1.82) is 0 Å². The molecule has 1 aromatic rings. The average molecular weight is 348 g/mol. The number of hydrogen-bond donors (Lipinski definition) is 1. The summed E-state index contributed by atoms with van der Waals surface area (Å²) in [6, 6.07) is 2.99. The van der Waals surface area contributed by atoms with Crippen LogP contribution in [0.1, 0.15) is 15.9 Å². The van der Waals surface area contributed by atoms with Crippen molar-refractivity contribution in [3.63, 3.8) is 0 Å². The van der Waals surface area contributed by atoms with Crippen LogP contribution in [0, 0.1) is 0 Å². The third-order valence-electron chi connectivity index (χ3n) is 3.27. The van der Waals surface area contributed by atoms with E-state index in [1.807, 2.05) is 0 Å². The smallest absolute Gasteiger partial charge is 0.461 e. The van der Waals surface area contributed by atoms with Crippen LogP contribution in [-0.2, 0) is 29.6 Å². The molecule has 0 radical (unpaired) electrons. The molecule has 0 atom stereocenters. The third-order valence-corrected chi connectivity index (χ3v) is 5.42. The first-order chi connectivity index (χ1) is 10.4. The number of halogens is 1. The maximum atomic E-state index is 12.0. The van der Waals surface area contributed by atoms with Gasteiger partial charge in [-0.3, -0.25) is 4.57 Å². The molecule has 0 fully saturated rings. The Morgan fingerprint density at radius 3 is 2.77 bits per heavy atom. The van der Waals surface area contributed by atoms with Crippen LogP contribution in [0.3, 0.4) is 0 Å². The molecule has 0 unspecified atom stereocenters. The van der Waals surface area contributed by atoms with Gasteiger partial charge in [0.05, 0.1) is 23.4 Å². The maximum absolute atomic E-state index is 12.0. The van der Waals surface area contributed by atoms with E-state index in [2.05, 4.69) is 0 Å².